The van der Waals surface area contributed by atoms with Gasteiger partial charge in [0.15, 0.2) is 0 Å². The van der Waals surface area contributed by atoms with Gasteiger partial charge < -0.3 is 9.84 Å². The number of aliphatic hydroxyl groups excluding tert-OH is 1. The molecule has 0 rings (SSSR count). The highest BCUT2D eigenvalue weighted by atomic mass is 16.5. The molecule has 0 spiro atoms. The van der Waals surface area contributed by atoms with Crippen molar-refractivity contribution in [3.63, 3.8) is 0 Å². The van der Waals surface area contributed by atoms with Crippen molar-refractivity contribution < 1.29 is 9.84 Å². The van der Waals surface area contributed by atoms with E-state index in [0.717, 1.165) is 6.42 Å². The third-order valence-corrected chi connectivity index (χ3v) is 0.979. The summed E-state index contributed by atoms with van der Waals surface area (Å²) in [5, 5.41) is 8.56. The molecule has 0 aromatic heterocycles. The Bertz CT molecular complexity index is 71.3. The van der Waals surface area contributed by atoms with E-state index in [0.29, 0.717) is 6.61 Å². The van der Waals surface area contributed by atoms with Crippen LogP contribution in [-0.2, 0) is 4.74 Å². The lowest BCUT2D eigenvalue weighted by atomic mass is 10.4. The first-order valence-corrected chi connectivity index (χ1v) is 3.20. The van der Waals surface area contributed by atoms with Gasteiger partial charge in [-0.05, 0) is 6.42 Å². The van der Waals surface area contributed by atoms with Crippen LogP contribution in [0.4, 0.5) is 0 Å². The molecular weight excluding hydrogens is 116 g/mol. The molecule has 0 unspecified atom stereocenters. The molecule has 0 fully saturated rings. The first-order chi connectivity index (χ1) is 4.35. The van der Waals surface area contributed by atoms with Gasteiger partial charge in [-0.1, -0.05) is 13.0 Å². The molecule has 0 saturated carbocycles. The molecule has 2 nitrogen and oxygen atoms in total. The molecule has 0 aliphatic carbocycles. The van der Waals surface area contributed by atoms with Gasteiger partial charge in [0.2, 0.25) is 0 Å². The van der Waals surface area contributed by atoms with Gasteiger partial charge in [-0.25, -0.2) is 0 Å². The summed E-state index contributed by atoms with van der Waals surface area (Å²) in [6, 6.07) is 0. The van der Waals surface area contributed by atoms with E-state index < -0.39 is 0 Å². The van der Waals surface area contributed by atoms with E-state index in [1.807, 2.05) is 6.92 Å². The van der Waals surface area contributed by atoms with E-state index in [1.54, 1.807) is 6.08 Å². The molecule has 0 aliphatic heterocycles. The zero-order valence-electron chi connectivity index (χ0n) is 5.84. The molecule has 0 aromatic carbocycles. The fraction of sp³-hybridized carbons (Fsp3) is 0.714. The molecule has 0 aliphatic rings. The van der Waals surface area contributed by atoms with Crippen molar-refractivity contribution in [3.05, 3.63) is 12.7 Å². The fourth-order valence-electron chi connectivity index (χ4n) is 0.465. The number of hydrogen-bond donors (Lipinski definition) is 1. The maximum absolute atomic E-state index is 8.56. The van der Waals surface area contributed by atoms with Crippen LogP contribution in [0.1, 0.15) is 13.3 Å². The number of aliphatic hydroxyl groups is 1. The van der Waals surface area contributed by atoms with Gasteiger partial charge in [0.25, 0.3) is 0 Å². The minimum absolute atomic E-state index is 0.0312. The Morgan fingerprint density at radius 1 is 1.78 bits per heavy atom. The van der Waals surface area contributed by atoms with Crippen LogP contribution >= 0.6 is 0 Å². The second-order valence-corrected chi connectivity index (χ2v) is 1.83. The average Bonchev–Trinajstić information content (AvgIpc) is 1.91. The van der Waals surface area contributed by atoms with Gasteiger partial charge in [-0.2, -0.15) is 0 Å². The van der Waals surface area contributed by atoms with E-state index in [2.05, 4.69) is 6.58 Å². The van der Waals surface area contributed by atoms with Gasteiger partial charge in [0, 0.05) is 6.61 Å². The monoisotopic (exact) mass is 130 g/mol. The quantitative estimate of drug-likeness (QED) is 0.562. The Balaban J connectivity index is 3.20. The maximum atomic E-state index is 8.56. The zero-order chi connectivity index (χ0) is 7.11. The van der Waals surface area contributed by atoms with Crippen molar-refractivity contribution in [1.82, 2.24) is 0 Å². The normalized spacial score (nSPS) is 13.1. The van der Waals surface area contributed by atoms with Gasteiger partial charge in [0.1, 0.15) is 0 Å². The number of rotatable bonds is 5. The van der Waals surface area contributed by atoms with E-state index in [1.165, 1.54) is 0 Å². The minimum atomic E-state index is -0.176. The van der Waals surface area contributed by atoms with Gasteiger partial charge >= 0.3 is 0 Å². The molecule has 0 bridgehead atoms. The van der Waals surface area contributed by atoms with Crippen molar-refractivity contribution in [3.8, 4) is 0 Å². The van der Waals surface area contributed by atoms with Crippen molar-refractivity contribution in [2.24, 2.45) is 0 Å². The Labute approximate surface area is 56.1 Å². The minimum Gasteiger partial charge on any atom is -0.393 e. The summed E-state index contributed by atoms with van der Waals surface area (Å²) in [7, 11) is 0. The van der Waals surface area contributed by atoms with Crippen LogP contribution in [0.15, 0.2) is 12.7 Å². The van der Waals surface area contributed by atoms with Crippen LogP contribution in [0, 0.1) is 0 Å². The molecule has 0 heterocycles. The van der Waals surface area contributed by atoms with Crippen LogP contribution in [-0.4, -0.2) is 24.4 Å². The predicted octanol–water partition coefficient (Wildman–Crippen LogP) is 0.960. The maximum Gasteiger partial charge on any atom is 0.0983 e. The lowest BCUT2D eigenvalue weighted by Gasteiger charge is -2.08. The zero-order valence-corrected chi connectivity index (χ0v) is 5.84. The predicted molar refractivity (Wildman–Crippen MR) is 37.3 cm³/mol. The van der Waals surface area contributed by atoms with Gasteiger partial charge in [-0.3, -0.25) is 0 Å². The molecule has 1 atom stereocenters. The first-order valence-electron chi connectivity index (χ1n) is 3.20. The van der Waals surface area contributed by atoms with Crippen LogP contribution in [0.3, 0.4) is 0 Å². The third-order valence-electron chi connectivity index (χ3n) is 0.979. The highest BCUT2D eigenvalue weighted by Gasteiger charge is 1.98. The summed E-state index contributed by atoms with van der Waals surface area (Å²) in [6.07, 6.45) is 2.41. The number of ether oxygens (including phenoxy) is 1. The highest BCUT2D eigenvalue weighted by molar-refractivity contribution is 4.78. The van der Waals surface area contributed by atoms with Crippen molar-refractivity contribution in [2.45, 2.75) is 19.4 Å². The summed E-state index contributed by atoms with van der Waals surface area (Å²) < 4.78 is 5.12. The van der Waals surface area contributed by atoms with E-state index in [-0.39, 0.29) is 12.7 Å². The van der Waals surface area contributed by atoms with E-state index in [9.17, 15) is 0 Å². The molecule has 0 radical (unpaired) electrons. The molecule has 54 valence electrons. The smallest absolute Gasteiger partial charge is 0.0983 e. The Kier molecular flexibility index (Phi) is 5.57. The fourth-order valence-corrected chi connectivity index (χ4v) is 0.465. The summed E-state index contributed by atoms with van der Waals surface area (Å²) >= 11 is 0. The van der Waals surface area contributed by atoms with Crippen molar-refractivity contribution in [1.29, 1.82) is 0 Å². The Hall–Kier alpha value is -0.340. The van der Waals surface area contributed by atoms with Gasteiger partial charge in [-0.15, -0.1) is 6.58 Å². The molecule has 1 N–H and O–H groups in total. The number of hydrogen-bond acceptors (Lipinski definition) is 2. The molecule has 2 heteroatoms. The van der Waals surface area contributed by atoms with E-state index >= 15 is 0 Å². The summed E-state index contributed by atoms with van der Waals surface area (Å²) in [6.45, 7) is 6.25. The van der Waals surface area contributed by atoms with Crippen LogP contribution in [0.25, 0.3) is 0 Å². The third kappa shape index (κ3) is 4.18. The second kappa shape index (κ2) is 5.79. The lowest BCUT2D eigenvalue weighted by molar-refractivity contribution is 0.0435. The van der Waals surface area contributed by atoms with Crippen LogP contribution in [0.2, 0.25) is 0 Å². The lowest BCUT2D eigenvalue weighted by Crippen LogP contribution is -2.14. The van der Waals surface area contributed by atoms with Crippen LogP contribution < -0.4 is 0 Å². The summed E-state index contributed by atoms with van der Waals surface area (Å²) in [5.41, 5.74) is 0. The van der Waals surface area contributed by atoms with E-state index in [4.69, 9.17) is 9.84 Å². The van der Waals surface area contributed by atoms with Crippen LogP contribution in [0.5, 0.6) is 0 Å². The molecular formula is C7H14O2. The second-order valence-electron chi connectivity index (χ2n) is 1.83. The van der Waals surface area contributed by atoms with Crippen molar-refractivity contribution >= 4 is 0 Å². The summed E-state index contributed by atoms with van der Waals surface area (Å²) in [5.74, 6) is 0. The molecule has 0 saturated heterocycles. The largest absolute Gasteiger partial charge is 0.393 e. The average molecular weight is 130 g/mol. The molecule has 0 amide bonds. The molecule has 9 heavy (non-hydrogen) atoms. The van der Waals surface area contributed by atoms with Gasteiger partial charge in [0.05, 0.1) is 12.7 Å². The summed E-state index contributed by atoms with van der Waals surface area (Å²) in [4.78, 5) is 0. The van der Waals surface area contributed by atoms with Crippen molar-refractivity contribution in [2.75, 3.05) is 13.2 Å². The highest BCUT2D eigenvalue weighted by Crippen LogP contribution is 1.92. The SMILES string of the molecule is C=C[C@H](CO)OCCC. The molecule has 0 aromatic rings. The standard InChI is InChI=1S/C7H14O2/c1-3-5-9-7(4-2)6-8/h4,7-8H,2-3,5-6H2,1H3/t7-/m1/s1. The topological polar surface area (TPSA) is 29.5 Å². The first kappa shape index (κ1) is 8.66. The Morgan fingerprint density at radius 3 is 2.78 bits per heavy atom. The Morgan fingerprint density at radius 2 is 2.44 bits per heavy atom.